The number of anilines is 1. The lowest BCUT2D eigenvalue weighted by atomic mass is 10.1. The highest BCUT2D eigenvalue weighted by atomic mass is 32.2. The summed E-state index contributed by atoms with van der Waals surface area (Å²) in [5.41, 5.74) is 2.85. The van der Waals surface area contributed by atoms with Crippen LogP contribution in [0.3, 0.4) is 0 Å². The Morgan fingerprint density at radius 2 is 1.96 bits per heavy atom. The summed E-state index contributed by atoms with van der Waals surface area (Å²) in [6, 6.07) is 13.9. The van der Waals surface area contributed by atoms with Gasteiger partial charge in [-0.25, -0.2) is 4.98 Å². The number of aryl methyl sites for hydroxylation is 1. The molecule has 0 aliphatic heterocycles. The lowest BCUT2D eigenvalue weighted by molar-refractivity contribution is 0.102. The van der Waals surface area contributed by atoms with E-state index in [2.05, 4.69) is 37.1 Å². The first kappa shape index (κ1) is 17.0. The van der Waals surface area contributed by atoms with Crippen LogP contribution in [0.25, 0.3) is 10.2 Å². The van der Waals surface area contributed by atoms with Crippen LogP contribution in [0.4, 0.5) is 5.13 Å². The monoisotopic (exact) mass is 356 g/mol. The van der Waals surface area contributed by atoms with Gasteiger partial charge in [-0.2, -0.15) is 0 Å². The average Bonchev–Trinajstić information content (AvgIpc) is 2.97. The zero-order valence-electron chi connectivity index (χ0n) is 14.0. The van der Waals surface area contributed by atoms with Gasteiger partial charge in [0.1, 0.15) is 0 Å². The second-order valence-corrected chi connectivity index (χ2v) is 8.46. The fourth-order valence-corrected chi connectivity index (χ4v) is 4.22. The molecule has 1 N–H and O–H groups in total. The maximum atomic E-state index is 12.4. The number of amides is 1. The first-order chi connectivity index (χ1) is 11.6. The molecule has 0 bridgehead atoms. The Morgan fingerprint density at radius 1 is 1.21 bits per heavy atom. The standard InChI is InChI=1S/C19H20N2OS2/c1-4-13-6-5-7-16-17(13)20-19(24-16)21-18(22)14-8-10-15(11-9-14)23-12(2)3/h5-12H,4H2,1-3H3,(H,20,21,22). The van der Waals surface area contributed by atoms with Crippen LogP contribution in [0.15, 0.2) is 47.4 Å². The third-order valence-electron chi connectivity index (χ3n) is 3.59. The number of para-hydroxylation sites is 1. The molecule has 124 valence electrons. The molecule has 0 unspecified atom stereocenters. The van der Waals surface area contributed by atoms with Gasteiger partial charge in [-0.1, -0.05) is 44.2 Å². The number of benzene rings is 2. The van der Waals surface area contributed by atoms with Crippen LogP contribution in [-0.4, -0.2) is 16.1 Å². The highest BCUT2D eigenvalue weighted by Gasteiger charge is 2.11. The Hall–Kier alpha value is -1.85. The van der Waals surface area contributed by atoms with E-state index in [1.54, 1.807) is 11.8 Å². The normalized spacial score (nSPS) is 11.2. The second-order valence-electron chi connectivity index (χ2n) is 5.78. The molecule has 3 aromatic rings. The largest absolute Gasteiger partial charge is 0.298 e. The Morgan fingerprint density at radius 3 is 2.62 bits per heavy atom. The average molecular weight is 357 g/mol. The van der Waals surface area contributed by atoms with Crippen molar-refractivity contribution in [3.63, 3.8) is 0 Å². The molecule has 1 aromatic heterocycles. The number of carbonyl (C=O) groups excluding carboxylic acids is 1. The topological polar surface area (TPSA) is 42.0 Å². The summed E-state index contributed by atoms with van der Waals surface area (Å²) >= 11 is 3.30. The van der Waals surface area contributed by atoms with Gasteiger partial charge >= 0.3 is 0 Å². The van der Waals surface area contributed by atoms with Crippen molar-refractivity contribution in [2.24, 2.45) is 0 Å². The van der Waals surface area contributed by atoms with Gasteiger partial charge in [0.15, 0.2) is 5.13 Å². The van der Waals surface area contributed by atoms with Crippen LogP contribution in [0.1, 0.15) is 36.7 Å². The van der Waals surface area contributed by atoms with Crippen LogP contribution in [-0.2, 0) is 6.42 Å². The number of nitrogens with zero attached hydrogens (tertiary/aromatic N) is 1. The molecule has 0 saturated carbocycles. The van der Waals surface area contributed by atoms with Crippen molar-refractivity contribution >= 4 is 44.4 Å². The number of thiazole rings is 1. The molecular formula is C19H20N2OS2. The molecule has 0 atom stereocenters. The van der Waals surface area contributed by atoms with Gasteiger partial charge in [0.05, 0.1) is 10.2 Å². The number of rotatable bonds is 5. The van der Waals surface area contributed by atoms with Crippen molar-refractivity contribution < 1.29 is 4.79 Å². The SMILES string of the molecule is CCc1cccc2sc(NC(=O)c3ccc(SC(C)C)cc3)nc12. The van der Waals surface area contributed by atoms with Crippen LogP contribution in [0.2, 0.25) is 0 Å². The number of hydrogen-bond donors (Lipinski definition) is 1. The Kier molecular flexibility index (Phi) is 5.21. The van der Waals surface area contributed by atoms with Crippen molar-refractivity contribution in [2.45, 2.75) is 37.3 Å². The molecule has 1 amide bonds. The zero-order valence-corrected chi connectivity index (χ0v) is 15.6. The number of nitrogens with one attached hydrogen (secondary N) is 1. The van der Waals surface area contributed by atoms with Crippen molar-refractivity contribution in [1.29, 1.82) is 0 Å². The van der Waals surface area contributed by atoms with Gasteiger partial charge in [0.25, 0.3) is 5.91 Å². The summed E-state index contributed by atoms with van der Waals surface area (Å²) in [7, 11) is 0. The van der Waals surface area contributed by atoms with Gasteiger partial charge in [-0.05, 0) is 42.3 Å². The first-order valence-corrected chi connectivity index (χ1v) is 9.73. The minimum Gasteiger partial charge on any atom is -0.298 e. The summed E-state index contributed by atoms with van der Waals surface area (Å²) in [6.07, 6.45) is 0.934. The zero-order chi connectivity index (χ0) is 17.1. The maximum Gasteiger partial charge on any atom is 0.257 e. The molecule has 0 spiro atoms. The van der Waals surface area contributed by atoms with E-state index >= 15 is 0 Å². The van der Waals surface area contributed by atoms with Crippen molar-refractivity contribution in [3.8, 4) is 0 Å². The minimum atomic E-state index is -0.117. The van der Waals surface area contributed by atoms with Crippen LogP contribution in [0.5, 0.6) is 0 Å². The molecule has 5 heteroatoms. The lowest BCUT2D eigenvalue weighted by Gasteiger charge is -2.06. The molecule has 0 saturated heterocycles. The smallest absolute Gasteiger partial charge is 0.257 e. The van der Waals surface area contributed by atoms with E-state index in [9.17, 15) is 4.79 Å². The van der Waals surface area contributed by atoms with Gasteiger partial charge in [-0.15, -0.1) is 11.8 Å². The molecule has 2 aromatic carbocycles. The van der Waals surface area contributed by atoms with E-state index in [0.717, 1.165) is 16.6 Å². The quantitative estimate of drug-likeness (QED) is 0.604. The van der Waals surface area contributed by atoms with E-state index in [1.165, 1.54) is 21.8 Å². The van der Waals surface area contributed by atoms with E-state index in [-0.39, 0.29) is 5.91 Å². The molecule has 24 heavy (non-hydrogen) atoms. The van der Waals surface area contributed by atoms with E-state index < -0.39 is 0 Å². The van der Waals surface area contributed by atoms with Crippen LogP contribution >= 0.6 is 23.1 Å². The summed E-state index contributed by atoms with van der Waals surface area (Å²) in [4.78, 5) is 18.2. The van der Waals surface area contributed by atoms with E-state index in [4.69, 9.17) is 0 Å². The molecule has 3 rings (SSSR count). The summed E-state index contributed by atoms with van der Waals surface area (Å²) in [6.45, 7) is 6.43. The van der Waals surface area contributed by atoms with Crippen molar-refractivity contribution in [1.82, 2.24) is 4.98 Å². The summed E-state index contributed by atoms with van der Waals surface area (Å²) < 4.78 is 1.10. The van der Waals surface area contributed by atoms with Gasteiger partial charge < -0.3 is 0 Å². The number of aromatic nitrogens is 1. The minimum absolute atomic E-state index is 0.117. The number of carbonyl (C=O) groups is 1. The highest BCUT2D eigenvalue weighted by molar-refractivity contribution is 7.99. The fraction of sp³-hybridized carbons (Fsp3) is 0.263. The molecule has 0 fully saturated rings. The van der Waals surface area contributed by atoms with Gasteiger partial charge in [-0.3, -0.25) is 10.1 Å². The molecule has 1 heterocycles. The number of hydrogen-bond acceptors (Lipinski definition) is 4. The molecule has 0 aliphatic carbocycles. The van der Waals surface area contributed by atoms with E-state index in [1.807, 2.05) is 36.4 Å². The molecule has 3 nitrogen and oxygen atoms in total. The summed E-state index contributed by atoms with van der Waals surface area (Å²) in [5, 5.41) is 4.10. The molecule has 0 aliphatic rings. The van der Waals surface area contributed by atoms with Crippen LogP contribution in [0, 0.1) is 0 Å². The maximum absolute atomic E-state index is 12.4. The van der Waals surface area contributed by atoms with Gasteiger partial charge in [0.2, 0.25) is 0 Å². The van der Waals surface area contributed by atoms with Crippen molar-refractivity contribution in [2.75, 3.05) is 5.32 Å². The third-order valence-corrected chi connectivity index (χ3v) is 5.54. The number of thioether (sulfide) groups is 1. The Bertz CT molecular complexity index is 853. The molecule has 0 radical (unpaired) electrons. The predicted molar refractivity (Wildman–Crippen MR) is 104 cm³/mol. The molecular weight excluding hydrogens is 336 g/mol. The van der Waals surface area contributed by atoms with Crippen LogP contribution < -0.4 is 5.32 Å². The fourth-order valence-electron chi connectivity index (χ4n) is 2.47. The van der Waals surface area contributed by atoms with E-state index in [0.29, 0.717) is 15.9 Å². The Labute approximate surface area is 150 Å². The third kappa shape index (κ3) is 3.79. The summed E-state index contributed by atoms with van der Waals surface area (Å²) in [5.74, 6) is -0.117. The first-order valence-electron chi connectivity index (χ1n) is 8.03. The number of fused-ring (bicyclic) bond motifs is 1. The second kappa shape index (κ2) is 7.36. The van der Waals surface area contributed by atoms with Crippen molar-refractivity contribution in [3.05, 3.63) is 53.6 Å². The predicted octanol–water partition coefficient (Wildman–Crippen LogP) is 5.61. The lowest BCUT2D eigenvalue weighted by Crippen LogP contribution is -2.11. The van der Waals surface area contributed by atoms with Gasteiger partial charge in [0, 0.05) is 15.7 Å². The Balaban J connectivity index is 1.77. The highest BCUT2D eigenvalue weighted by Crippen LogP contribution is 2.29.